The Kier molecular flexibility index (Phi) is 5.18. The Morgan fingerprint density at radius 2 is 2.04 bits per heavy atom. The van der Waals surface area contributed by atoms with Crippen molar-refractivity contribution in [3.8, 4) is 0 Å². The average Bonchev–Trinajstić information content (AvgIpc) is 3.29. The first-order valence-corrected chi connectivity index (χ1v) is 8.75. The summed E-state index contributed by atoms with van der Waals surface area (Å²) in [5.74, 6) is 2.38. The molecule has 1 aliphatic rings. The Morgan fingerprint density at radius 1 is 1.25 bits per heavy atom. The molecule has 3 rings (SSSR count). The van der Waals surface area contributed by atoms with Crippen LogP contribution in [-0.4, -0.2) is 24.2 Å². The number of hydrogen-bond donors (Lipinski definition) is 2. The number of aromatic nitrogens is 1. The van der Waals surface area contributed by atoms with Crippen molar-refractivity contribution in [2.75, 3.05) is 7.05 Å². The van der Waals surface area contributed by atoms with E-state index < -0.39 is 0 Å². The van der Waals surface area contributed by atoms with Gasteiger partial charge in [0.15, 0.2) is 5.96 Å². The van der Waals surface area contributed by atoms with Crippen molar-refractivity contribution >= 4 is 5.96 Å². The second-order valence-corrected chi connectivity index (χ2v) is 6.17. The molecule has 2 N–H and O–H groups in total. The number of guanidine groups is 1. The van der Waals surface area contributed by atoms with Crippen LogP contribution in [0, 0.1) is 0 Å². The van der Waals surface area contributed by atoms with Gasteiger partial charge in [0.2, 0.25) is 0 Å². The Hall–Kier alpha value is -2.30. The van der Waals surface area contributed by atoms with Gasteiger partial charge in [-0.15, -0.1) is 0 Å². The number of hydrogen-bond acceptors (Lipinski definition) is 3. The molecule has 5 nitrogen and oxygen atoms in total. The molecule has 0 radical (unpaired) electrons. The van der Waals surface area contributed by atoms with Crippen molar-refractivity contribution in [2.24, 2.45) is 4.99 Å². The first-order chi connectivity index (χ1) is 11.8. The maximum Gasteiger partial charge on any atom is 0.191 e. The molecule has 1 aromatic carbocycles. The number of nitrogens with zero attached hydrogens (tertiary/aromatic N) is 2. The van der Waals surface area contributed by atoms with E-state index in [9.17, 15) is 0 Å². The average molecular weight is 326 g/mol. The maximum absolute atomic E-state index is 5.42. The van der Waals surface area contributed by atoms with Crippen LogP contribution in [0.15, 0.2) is 39.8 Å². The van der Waals surface area contributed by atoms with Gasteiger partial charge in [0.05, 0.1) is 5.69 Å². The number of nitrogens with one attached hydrogen (secondary N) is 2. The van der Waals surface area contributed by atoms with Gasteiger partial charge < -0.3 is 15.2 Å². The van der Waals surface area contributed by atoms with Gasteiger partial charge in [0, 0.05) is 37.5 Å². The molecule has 0 spiro atoms. The van der Waals surface area contributed by atoms with E-state index in [2.05, 4.69) is 65.0 Å². The third-order valence-electron chi connectivity index (χ3n) is 4.60. The van der Waals surface area contributed by atoms with Crippen molar-refractivity contribution in [2.45, 2.75) is 51.6 Å². The molecular weight excluding hydrogens is 300 g/mol. The number of rotatable bonds is 6. The molecule has 1 fully saturated rings. The summed E-state index contributed by atoms with van der Waals surface area (Å²) in [5, 5.41) is 11.1. The summed E-state index contributed by atoms with van der Waals surface area (Å²) in [7, 11) is 1.81. The van der Waals surface area contributed by atoms with Crippen LogP contribution in [0.4, 0.5) is 0 Å². The van der Waals surface area contributed by atoms with Crippen molar-refractivity contribution in [1.29, 1.82) is 0 Å². The van der Waals surface area contributed by atoms with Gasteiger partial charge in [-0.25, -0.2) is 0 Å². The molecule has 1 aromatic heterocycles. The van der Waals surface area contributed by atoms with Gasteiger partial charge >= 0.3 is 0 Å². The molecule has 5 heteroatoms. The smallest absolute Gasteiger partial charge is 0.191 e. The normalized spacial score (nSPS) is 20.0. The second-order valence-electron chi connectivity index (χ2n) is 6.17. The van der Waals surface area contributed by atoms with Crippen LogP contribution in [0.25, 0.3) is 0 Å². The van der Waals surface area contributed by atoms with Crippen molar-refractivity contribution < 1.29 is 4.52 Å². The molecule has 0 aliphatic heterocycles. The predicted octanol–water partition coefficient (Wildman–Crippen LogP) is 3.02. The Bertz CT molecular complexity index is 671. The molecule has 1 saturated carbocycles. The van der Waals surface area contributed by atoms with Crippen LogP contribution in [0.5, 0.6) is 0 Å². The number of aliphatic imine (C=N–C) groups is 1. The lowest BCUT2D eigenvalue weighted by Crippen LogP contribution is -2.38. The van der Waals surface area contributed by atoms with Crippen LogP contribution in [0.1, 0.15) is 48.8 Å². The predicted molar refractivity (Wildman–Crippen MR) is 96.2 cm³/mol. The molecule has 0 bridgehead atoms. The van der Waals surface area contributed by atoms with Crippen LogP contribution in [-0.2, 0) is 19.4 Å². The third kappa shape index (κ3) is 3.61. The Labute approximate surface area is 143 Å². The third-order valence-corrected chi connectivity index (χ3v) is 4.60. The SMILES string of the molecule is CCc1noc(CC)c1CNC(=NC)NC1CC1c1ccccc1. The highest BCUT2D eigenvalue weighted by Gasteiger charge is 2.38. The van der Waals surface area contributed by atoms with Crippen molar-refractivity contribution in [3.63, 3.8) is 0 Å². The zero-order valence-electron chi connectivity index (χ0n) is 14.7. The van der Waals surface area contributed by atoms with E-state index in [-0.39, 0.29) is 0 Å². The molecule has 24 heavy (non-hydrogen) atoms. The lowest BCUT2D eigenvalue weighted by atomic mass is 10.1. The summed E-state index contributed by atoms with van der Waals surface area (Å²) in [6, 6.07) is 11.1. The fourth-order valence-corrected chi connectivity index (χ4v) is 3.10. The van der Waals surface area contributed by atoms with Gasteiger partial charge in [-0.05, 0) is 18.4 Å². The van der Waals surface area contributed by atoms with E-state index in [1.54, 1.807) is 0 Å². The van der Waals surface area contributed by atoms with E-state index in [4.69, 9.17) is 4.52 Å². The standard InChI is InChI=1S/C19H26N4O/c1-4-16-15(18(5-2)24-23-16)12-21-19(20-3)22-17-11-14(17)13-9-7-6-8-10-13/h6-10,14,17H,4-5,11-12H2,1-3H3,(H2,20,21,22). The fourth-order valence-electron chi connectivity index (χ4n) is 3.10. The summed E-state index contributed by atoms with van der Waals surface area (Å²) in [6.45, 7) is 4.88. The number of aryl methyl sites for hydroxylation is 2. The fraction of sp³-hybridized carbons (Fsp3) is 0.474. The molecule has 1 heterocycles. The molecule has 128 valence electrons. The summed E-state index contributed by atoms with van der Waals surface area (Å²) in [6.07, 6.45) is 2.89. The quantitative estimate of drug-likeness (QED) is 0.633. The minimum absolute atomic E-state index is 0.456. The molecule has 2 unspecified atom stereocenters. The highest BCUT2D eigenvalue weighted by atomic mass is 16.5. The molecule has 2 aromatic rings. The molecular formula is C19H26N4O. The monoisotopic (exact) mass is 326 g/mol. The summed E-state index contributed by atoms with van der Waals surface area (Å²) in [4.78, 5) is 4.35. The summed E-state index contributed by atoms with van der Waals surface area (Å²) >= 11 is 0. The highest BCUT2D eigenvalue weighted by molar-refractivity contribution is 5.80. The van der Waals surface area contributed by atoms with Gasteiger partial charge in [-0.2, -0.15) is 0 Å². The van der Waals surface area contributed by atoms with E-state index in [1.807, 2.05) is 7.05 Å². The largest absolute Gasteiger partial charge is 0.361 e. The first kappa shape index (κ1) is 16.6. The minimum atomic E-state index is 0.456. The summed E-state index contributed by atoms with van der Waals surface area (Å²) < 4.78 is 5.42. The van der Waals surface area contributed by atoms with Crippen LogP contribution in [0.2, 0.25) is 0 Å². The van der Waals surface area contributed by atoms with E-state index >= 15 is 0 Å². The molecule has 1 aliphatic carbocycles. The highest BCUT2D eigenvalue weighted by Crippen LogP contribution is 2.40. The summed E-state index contributed by atoms with van der Waals surface area (Å²) in [5.41, 5.74) is 3.59. The Morgan fingerprint density at radius 3 is 2.71 bits per heavy atom. The van der Waals surface area contributed by atoms with E-state index in [1.165, 1.54) is 11.1 Å². The van der Waals surface area contributed by atoms with Gasteiger partial charge in [-0.1, -0.05) is 49.3 Å². The minimum Gasteiger partial charge on any atom is -0.361 e. The molecule has 0 amide bonds. The molecule has 0 saturated heterocycles. The topological polar surface area (TPSA) is 62.5 Å². The number of benzene rings is 1. The molecule has 2 atom stereocenters. The van der Waals surface area contributed by atoms with E-state index in [0.717, 1.165) is 36.7 Å². The second kappa shape index (κ2) is 7.51. The Balaban J connectivity index is 1.56. The van der Waals surface area contributed by atoms with Crippen LogP contribution < -0.4 is 10.6 Å². The zero-order chi connectivity index (χ0) is 16.9. The van der Waals surface area contributed by atoms with E-state index in [0.29, 0.717) is 18.5 Å². The van der Waals surface area contributed by atoms with Gasteiger partial charge in [0.1, 0.15) is 5.76 Å². The van der Waals surface area contributed by atoms with Gasteiger partial charge in [0.25, 0.3) is 0 Å². The lowest BCUT2D eigenvalue weighted by Gasteiger charge is -2.12. The lowest BCUT2D eigenvalue weighted by molar-refractivity contribution is 0.380. The van der Waals surface area contributed by atoms with Gasteiger partial charge in [-0.3, -0.25) is 4.99 Å². The van der Waals surface area contributed by atoms with Crippen LogP contribution >= 0.6 is 0 Å². The first-order valence-electron chi connectivity index (χ1n) is 8.75. The van der Waals surface area contributed by atoms with Crippen molar-refractivity contribution in [1.82, 2.24) is 15.8 Å². The maximum atomic E-state index is 5.42. The zero-order valence-corrected chi connectivity index (χ0v) is 14.7. The van der Waals surface area contributed by atoms with Crippen LogP contribution in [0.3, 0.4) is 0 Å². The van der Waals surface area contributed by atoms with Crippen molar-refractivity contribution in [3.05, 3.63) is 52.9 Å².